The maximum atomic E-state index is 14.3. The normalized spacial score (nSPS) is 29.2. The van der Waals surface area contributed by atoms with Crippen molar-refractivity contribution in [1.82, 2.24) is 55.9 Å². The van der Waals surface area contributed by atoms with Crippen LogP contribution in [0.15, 0.2) is 12.7 Å². The highest BCUT2D eigenvalue weighted by Gasteiger charge is 2.52. The maximum absolute atomic E-state index is 14.3. The van der Waals surface area contributed by atoms with Crippen LogP contribution in [0.2, 0.25) is 0 Å². The van der Waals surface area contributed by atoms with E-state index in [2.05, 4.69) is 41.5 Å². The molecule has 0 saturated carbocycles. The summed E-state index contributed by atoms with van der Waals surface area (Å²) in [5, 5.41) is 127. The number of methoxy groups -OCH3 is 1. The van der Waals surface area contributed by atoms with Crippen molar-refractivity contribution >= 4 is 66.2 Å². The maximum Gasteiger partial charge on any atom is 0.472 e. The third-order valence-corrected chi connectivity index (χ3v) is 18.7. The molecule has 4 aliphatic heterocycles. The van der Waals surface area contributed by atoms with E-state index in [1.807, 2.05) is 0 Å². The molecule has 2 unspecified atom stereocenters. The summed E-state index contributed by atoms with van der Waals surface area (Å²) in [6.07, 6.45) is -19.5. The summed E-state index contributed by atoms with van der Waals surface area (Å²) in [5.41, 5.74) is 6.36. The molecule has 4 aliphatic rings. The van der Waals surface area contributed by atoms with Gasteiger partial charge in [-0.1, -0.05) is 0 Å². The third kappa shape index (κ3) is 26.1. The van der Waals surface area contributed by atoms with Gasteiger partial charge in [0, 0.05) is 106 Å². The number of carbonyl (C=O) groups excluding carboxylic acids is 7. The van der Waals surface area contributed by atoms with Crippen molar-refractivity contribution < 1.29 is 146 Å². The number of phosphoric acid groups is 1. The highest BCUT2D eigenvalue weighted by atomic mass is 31.2. The Bertz CT molecular complexity index is 3100. The van der Waals surface area contributed by atoms with Gasteiger partial charge in [-0.05, 0) is 57.8 Å². The van der Waals surface area contributed by atoms with E-state index in [1.165, 1.54) is 54.9 Å². The van der Waals surface area contributed by atoms with E-state index < -0.39 is 193 Å². The van der Waals surface area contributed by atoms with Crippen LogP contribution < -0.4 is 32.3 Å². The van der Waals surface area contributed by atoms with Gasteiger partial charge in [-0.25, -0.2) is 19.5 Å². The Morgan fingerprint density at radius 2 is 1.00 bits per heavy atom. The first-order chi connectivity index (χ1) is 50.1. The number of rotatable bonds is 45. The molecule has 6 heterocycles. The minimum absolute atomic E-state index is 0.00520. The molecule has 0 radical (unpaired) electrons. The summed E-state index contributed by atoms with van der Waals surface area (Å²) in [5.74, 6) is -3.73. The third-order valence-electron chi connectivity index (χ3n) is 17.7. The van der Waals surface area contributed by atoms with E-state index >= 15 is 0 Å². The highest BCUT2D eigenvalue weighted by Crippen LogP contribution is 2.49. The standard InChI is InChI=1S/C62H105N12O30P/c1-33(79)69-44-51(89)48(86)37(26-75)101-60(44)96-23-8-5-14-41(83)64-17-11-19-72(43(85)16-7-10-25-98-62-46(71-35(3)81)53(91)50(88)39(28-77)103-62)21-13-22-73(20-12-18-65-42(84)15-6-9-24-97-61-45(70-34(2)80)52(90)49(87)38(27-76)102-61)58(92)36(82)30-99-105(93,94)104-54-40(29-78)100-59(55(54)95-4)74-32-68-47-56(63)66-31-67-57(47)74/h31-32,36-40,44-46,48-55,59-62,75-78,82,86-91H,5-30H2,1-4H3,(H,64,83)(H,65,84)(H,69,79)(H,70,80)(H,71,81)(H,93,94)(H2,63,66,67)/t36?,37-,38-,39-,40-,44-,45-,46-,48+,49+,50+,51-,52-,53-,54-,55-,59-,60-,61-,62-/m1/s1. The summed E-state index contributed by atoms with van der Waals surface area (Å²) >= 11 is 0. The number of imidazole rings is 1. The molecule has 598 valence electrons. The van der Waals surface area contributed by atoms with Gasteiger partial charge in [0.05, 0.1) is 39.4 Å². The fourth-order valence-corrected chi connectivity index (χ4v) is 13.2. The van der Waals surface area contributed by atoms with Crippen LogP contribution in [-0.2, 0) is 85.1 Å². The first kappa shape index (κ1) is 87.9. The second-order valence-electron chi connectivity index (χ2n) is 25.6. The summed E-state index contributed by atoms with van der Waals surface area (Å²) in [6.45, 7) is -0.499. The average Bonchev–Trinajstić information content (AvgIpc) is 1.64. The predicted octanol–water partition coefficient (Wildman–Crippen LogP) is -7.37. The molecular weight excluding hydrogens is 1420 g/mol. The van der Waals surface area contributed by atoms with Crippen LogP contribution in [0.4, 0.5) is 5.82 Å². The Balaban J connectivity index is 1.09. The fourth-order valence-electron chi connectivity index (χ4n) is 12.2. The fraction of sp³-hybridized carbons (Fsp3) is 0.806. The Morgan fingerprint density at radius 3 is 1.44 bits per heavy atom. The number of unbranched alkanes of at least 4 members (excludes halogenated alkanes) is 3. The minimum Gasteiger partial charge on any atom is -0.394 e. The molecule has 42 nitrogen and oxygen atoms in total. The van der Waals surface area contributed by atoms with Gasteiger partial charge in [0.15, 0.2) is 42.7 Å². The largest absolute Gasteiger partial charge is 0.472 e. The monoisotopic (exact) mass is 1530 g/mol. The lowest BCUT2D eigenvalue weighted by Gasteiger charge is -2.42. The lowest BCUT2D eigenvalue weighted by Crippen LogP contribution is -2.64. The molecule has 6 rings (SSSR count). The molecule has 0 aliphatic carbocycles. The van der Waals surface area contributed by atoms with E-state index in [1.54, 1.807) is 0 Å². The molecule has 4 fully saturated rings. The Kier molecular flexibility index (Phi) is 36.7. The molecule has 19 N–H and O–H groups in total. The van der Waals surface area contributed by atoms with E-state index in [0.29, 0.717) is 12.8 Å². The summed E-state index contributed by atoms with van der Waals surface area (Å²) < 4.78 is 71.5. The number of nitrogens with zero attached hydrogens (tertiary/aromatic N) is 6. The number of ether oxygens (including phenoxy) is 8. The molecule has 43 heteroatoms. The second-order valence-corrected chi connectivity index (χ2v) is 27.0. The average molecular weight is 1530 g/mol. The molecule has 0 spiro atoms. The highest BCUT2D eigenvalue weighted by molar-refractivity contribution is 7.47. The molecule has 2 aromatic rings. The molecule has 105 heavy (non-hydrogen) atoms. The van der Waals surface area contributed by atoms with Crippen molar-refractivity contribution in [3.8, 4) is 0 Å². The van der Waals surface area contributed by atoms with Gasteiger partial charge in [0.2, 0.25) is 35.4 Å². The Hall–Kier alpha value is -6.01. The smallest absolute Gasteiger partial charge is 0.394 e. The van der Waals surface area contributed by atoms with Crippen LogP contribution in [-0.4, -0.2) is 347 Å². The number of hydrogen-bond acceptors (Lipinski definition) is 33. The van der Waals surface area contributed by atoms with Crippen molar-refractivity contribution in [3.63, 3.8) is 0 Å². The van der Waals surface area contributed by atoms with Crippen LogP contribution in [0, 0.1) is 0 Å². The van der Waals surface area contributed by atoms with E-state index in [4.69, 9.17) is 52.7 Å². The molecule has 7 amide bonds. The number of aromatic nitrogens is 4. The molecular formula is C62H105N12O30P. The number of amides is 7. The zero-order valence-electron chi connectivity index (χ0n) is 59.0. The molecule has 21 atom stereocenters. The molecule has 2 aromatic heterocycles. The zero-order chi connectivity index (χ0) is 77.1. The number of anilines is 1. The van der Waals surface area contributed by atoms with Crippen LogP contribution in [0.3, 0.4) is 0 Å². The van der Waals surface area contributed by atoms with Gasteiger partial charge in [-0.15, -0.1) is 0 Å². The van der Waals surface area contributed by atoms with Gasteiger partial charge in [0.25, 0.3) is 5.91 Å². The van der Waals surface area contributed by atoms with Crippen LogP contribution in [0.1, 0.15) is 104 Å². The number of aliphatic hydroxyl groups excluding tert-OH is 11. The molecule has 0 bridgehead atoms. The van der Waals surface area contributed by atoms with Crippen LogP contribution in [0.5, 0.6) is 0 Å². The number of aliphatic hydroxyl groups is 11. The lowest BCUT2D eigenvalue weighted by atomic mass is 9.97. The summed E-state index contributed by atoms with van der Waals surface area (Å²) in [4.78, 5) is 116. The van der Waals surface area contributed by atoms with Crippen molar-refractivity contribution in [2.75, 3.05) is 105 Å². The number of nitrogens with two attached hydrogens (primary N) is 1. The number of hydrogen-bond donors (Lipinski definition) is 18. The van der Waals surface area contributed by atoms with Crippen molar-refractivity contribution in [2.45, 2.75) is 220 Å². The van der Waals surface area contributed by atoms with Crippen molar-refractivity contribution in [2.24, 2.45) is 0 Å². The van der Waals surface area contributed by atoms with Crippen LogP contribution in [0.25, 0.3) is 11.2 Å². The van der Waals surface area contributed by atoms with Crippen molar-refractivity contribution in [1.29, 1.82) is 0 Å². The minimum atomic E-state index is -5.28. The van der Waals surface area contributed by atoms with Gasteiger partial charge >= 0.3 is 7.82 Å². The van der Waals surface area contributed by atoms with Gasteiger partial charge in [-0.2, -0.15) is 0 Å². The summed E-state index contributed by atoms with van der Waals surface area (Å²) in [6, 6.07) is -3.53. The van der Waals surface area contributed by atoms with E-state index in [-0.39, 0.29) is 152 Å². The molecule has 4 saturated heterocycles. The van der Waals surface area contributed by atoms with E-state index in [9.17, 15) is 99.2 Å². The van der Waals surface area contributed by atoms with E-state index in [0.717, 1.165) is 0 Å². The first-order valence-corrected chi connectivity index (χ1v) is 36.3. The molecule has 0 aromatic carbocycles. The summed E-state index contributed by atoms with van der Waals surface area (Å²) in [7, 11) is -4.03. The van der Waals surface area contributed by atoms with Crippen LogP contribution >= 0.6 is 7.82 Å². The topological polar surface area (TPSA) is 608 Å². The number of phosphoric ester groups is 1. The SMILES string of the molecule is CO[C@@H]1[C@H](OP(=O)(O)OCC(O)C(=O)N(CCCNC(=O)CCCCO[C@@H]2O[C@H](CO)[C@H](O)[C@H](O)[C@H]2NC(C)=O)CCCN(CCCNC(=O)CCCCO[C@@H]2O[C@H](CO)[C@H](O)[C@H](O)[C@H]2NC(C)=O)C(=O)CCCCO[C@@H]2O[C@H](CO)[C@H](O)[C@H](O)[C@H]2NC(C)=O)[C@@H](CO)O[C@H]1n1cnc2c(N)ncnc21. The predicted molar refractivity (Wildman–Crippen MR) is 357 cm³/mol. The second kappa shape index (κ2) is 43.8. The first-order valence-electron chi connectivity index (χ1n) is 34.8. The number of fused-ring (bicyclic) bond motifs is 1. The van der Waals surface area contributed by atoms with Gasteiger partial charge in [0.1, 0.15) is 103 Å². The van der Waals surface area contributed by atoms with Crippen molar-refractivity contribution in [3.05, 3.63) is 12.7 Å². The lowest BCUT2D eigenvalue weighted by molar-refractivity contribution is -0.270. The number of nitrogen functional groups attached to an aromatic ring is 1. The quantitative estimate of drug-likeness (QED) is 0.0216. The Labute approximate surface area is 604 Å². The number of nitrogens with one attached hydrogen (secondary N) is 5. The number of carbonyl (C=O) groups is 7. The van der Waals surface area contributed by atoms with Gasteiger partial charge in [-0.3, -0.25) is 47.2 Å². The zero-order valence-corrected chi connectivity index (χ0v) is 59.9. The Morgan fingerprint density at radius 1 is 0.571 bits per heavy atom. The van der Waals surface area contributed by atoms with Gasteiger partial charge < -0.3 is 141 Å².